The maximum Gasteiger partial charge on any atom is 0.300 e. The normalized spacial score (nSPS) is 17.1. The fourth-order valence-corrected chi connectivity index (χ4v) is 4.76. The summed E-state index contributed by atoms with van der Waals surface area (Å²) in [5.41, 5.74) is 3.96. The lowest BCUT2D eigenvalue weighted by Gasteiger charge is -2.26. The third-order valence-electron chi connectivity index (χ3n) is 6.94. The van der Waals surface area contributed by atoms with Crippen molar-refractivity contribution in [3.8, 4) is 11.8 Å². The fourth-order valence-electron chi connectivity index (χ4n) is 4.76. The van der Waals surface area contributed by atoms with Crippen molar-refractivity contribution >= 4 is 23.1 Å². The molecule has 6 heteroatoms. The molecule has 1 aliphatic rings. The van der Waals surface area contributed by atoms with Gasteiger partial charge in [-0.1, -0.05) is 58.9 Å². The lowest BCUT2D eigenvalue weighted by Crippen LogP contribution is -2.29. The topological polar surface area (TPSA) is 90.6 Å². The van der Waals surface area contributed by atoms with Gasteiger partial charge in [0.25, 0.3) is 11.7 Å². The second-order valence-electron chi connectivity index (χ2n) is 10.8. The molecule has 1 unspecified atom stereocenters. The van der Waals surface area contributed by atoms with Gasteiger partial charge < -0.3 is 9.84 Å². The maximum atomic E-state index is 13.5. The second-order valence-corrected chi connectivity index (χ2v) is 10.8. The highest BCUT2D eigenvalue weighted by molar-refractivity contribution is 6.51. The van der Waals surface area contributed by atoms with E-state index in [2.05, 4.69) is 26.8 Å². The van der Waals surface area contributed by atoms with E-state index in [1.54, 1.807) is 49.6 Å². The molecule has 0 spiro atoms. The highest BCUT2D eigenvalue weighted by atomic mass is 16.5. The fraction of sp³-hybridized carbons (Fsp3) is 0.281. The Morgan fingerprint density at radius 3 is 2.16 bits per heavy atom. The van der Waals surface area contributed by atoms with Crippen molar-refractivity contribution in [2.75, 3.05) is 12.0 Å². The van der Waals surface area contributed by atoms with Crippen LogP contribution in [0.3, 0.4) is 0 Å². The summed E-state index contributed by atoms with van der Waals surface area (Å²) in [6.45, 7) is 10.4. The van der Waals surface area contributed by atoms with Crippen LogP contribution in [0.1, 0.15) is 74.4 Å². The molecule has 194 valence electrons. The summed E-state index contributed by atoms with van der Waals surface area (Å²) in [5, 5.41) is 20.8. The molecule has 0 aromatic heterocycles. The molecular formula is C32H32N2O4. The van der Waals surface area contributed by atoms with Crippen LogP contribution in [0.2, 0.25) is 0 Å². The number of aliphatic hydroxyl groups excluding tert-OH is 1. The quantitative estimate of drug-likeness (QED) is 0.238. The lowest BCUT2D eigenvalue weighted by molar-refractivity contribution is -0.132. The highest BCUT2D eigenvalue weighted by Gasteiger charge is 2.47. The zero-order valence-corrected chi connectivity index (χ0v) is 22.6. The number of methoxy groups -OCH3 is 1. The van der Waals surface area contributed by atoms with Gasteiger partial charge in [0.15, 0.2) is 0 Å². The minimum absolute atomic E-state index is 0.0164. The Bertz CT molecular complexity index is 1450. The Hall–Kier alpha value is -4.37. The number of Topliss-reactive ketones (excluding diaryl/α,β-unsaturated/α-hetero) is 1. The van der Waals surface area contributed by atoms with Crippen LogP contribution >= 0.6 is 0 Å². The molecule has 1 fully saturated rings. The molecule has 1 heterocycles. The van der Waals surface area contributed by atoms with Crippen LogP contribution in [-0.2, 0) is 15.0 Å². The predicted molar refractivity (Wildman–Crippen MR) is 148 cm³/mol. The number of amides is 1. The zero-order chi connectivity index (χ0) is 27.8. The van der Waals surface area contributed by atoms with Crippen molar-refractivity contribution in [2.45, 2.75) is 52.0 Å². The van der Waals surface area contributed by atoms with Gasteiger partial charge in [-0.3, -0.25) is 14.5 Å². The summed E-state index contributed by atoms with van der Waals surface area (Å²) in [4.78, 5) is 28.3. The summed E-state index contributed by atoms with van der Waals surface area (Å²) >= 11 is 0. The van der Waals surface area contributed by atoms with Crippen LogP contribution in [0.25, 0.3) is 5.76 Å². The molecule has 1 saturated heterocycles. The first-order valence-corrected chi connectivity index (χ1v) is 12.6. The molecule has 1 atom stereocenters. The van der Waals surface area contributed by atoms with Crippen molar-refractivity contribution in [2.24, 2.45) is 0 Å². The number of aliphatic hydroxyl groups is 1. The molecule has 3 aromatic rings. The number of carbonyl (C=O) groups excluding carboxylic acids is 2. The van der Waals surface area contributed by atoms with E-state index in [1.807, 2.05) is 38.1 Å². The van der Waals surface area contributed by atoms with Gasteiger partial charge in [-0.05, 0) is 70.5 Å². The van der Waals surface area contributed by atoms with E-state index in [-0.39, 0.29) is 22.7 Å². The van der Waals surface area contributed by atoms with E-state index in [4.69, 9.17) is 4.74 Å². The largest absolute Gasteiger partial charge is 0.507 e. The third kappa shape index (κ3) is 4.80. The van der Waals surface area contributed by atoms with Crippen LogP contribution in [0.4, 0.5) is 5.69 Å². The van der Waals surface area contributed by atoms with Crippen molar-refractivity contribution in [1.82, 2.24) is 0 Å². The summed E-state index contributed by atoms with van der Waals surface area (Å²) in [6.07, 6.45) is 0. The van der Waals surface area contributed by atoms with Crippen LogP contribution in [0, 0.1) is 11.3 Å². The van der Waals surface area contributed by atoms with E-state index in [1.165, 1.54) is 4.90 Å². The first kappa shape index (κ1) is 26.7. The van der Waals surface area contributed by atoms with Crippen LogP contribution in [0.15, 0.2) is 72.3 Å². The van der Waals surface area contributed by atoms with Gasteiger partial charge in [0, 0.05) is 11.3 Å². The van der Waals surface area contributed by atoms with E-state index in [9.17, 15) is 20.0 Å². The summed E-state index contributed by atoms with van der Waals surface area (Å²) in [7, 11) is 1.59. The SMILES string of the molecule is COc1ccc(/C(O)=C2/C(=O)C(=O)N(c3ccc(C#N)cc3)C2c2ccc(C(C)(C)C)cc2)cc1C(C)C. The monoisotopic (exact) mass is 508 g/mol. The molecule has 6 nitrogen and oxygen atoms in total. The Labute approximate surface area is 223 Å². The minimum Gasteiger partial charge on any atom is -0.507 e. The van der Waals surface area contributed by atoms with Gasteiger partial charge in [0.05, 0.1) is 30.4 Å². The first-order valence-electron chi connectivity index (χ1n) is 12.6. The van der Waals surface area contributed by atoms with Crippen LogP contribution < -0.4 is 9.64 Å². The van der Waals surface area contributed by atoms with Crippen LogP contribution in [-0.4, -0.2) is 23.9 Å². The number of ether oxygens (including phenoxy) is 1. The van der Waals surface area contributed by atoms with Gasteiger partial charge in [-0.15, -0.1) is 0 Å². The van der Waals surface area contributed by atoms with Gasteiger partial charge in [0.2, 0.25) is 0 Å². The Kier molecular flexibility index (Phi) is 7.15. The van der Waals surface area contributed by atoms with E-state index < -0.39 is 17.7 Å². The number of hydrogen-bond donors (Lipinski definition) is 1. The number of ketones is 1. The van der Waals surface area contributed by atoms with E-state index in [0.717, 1.165) is 11.1 Å². The summed E-state index contributed by atoms with van der Waals surface area (Å²) in [5.74, 6) is -0.949. The van der Waals surface area contributed by atoms with Crippen molar-refractivity contribution < 1.29 is 19.4 Å². The second kappa shape index (κ2) is 10.2. The number of benzene rings is 3. The van der Waals surface area contributed by atoms with Gasteiger partial charge in [-0.2, -0.15) is 5.26 Å². The minimum atomic E-state index is -0.846. The molecule has 38 heavy (non-hydrogen) atoms. The summed E-state index contributed by atoms with van der Waals surface area (Å²) < 4.78 is 5.48. The molecule has 0 bridgehead atoms. The summed E-state index contributed by atoms with van der Waals surface area (Å²) in [6, 6.07) is 20.7. The van der Waals surface area contributed by atoms with Crippen molar-refractivity contribution in [3.63, 3.8) is 0 Å². The predicted octanol–water partition coefficient (Wildman–Crippen LogP) is 6.61. The molecule has 0 aliphatic carbocycles. The number of nitriles is 1. The number of hydrogen-bond acceptors (Lipinski definition) is 5. The molecule has 0 radical (unpaired) electrons. The first-order chi connectivity index (χ1) is 18.0. The van der Waals surface area contributed by atoms with Gasteiger partial charge in [0.1, 0.15) is 11.5 Å². The lowest BCUT2D eigenvalue weighted by atomic mass is 9.85. The number of nitrogens with zero attached hydrogens (tertiary/aromatic N) is 2. The van der Waals surface area contributed by atoms with E-state index >= 15 is 0 Å². The molecule has 0 saturated carbocycles. The Balaban J connectivity index is 1.94. The van der Waals surface area contributed by atoms with Crippen LogP contribution in [0.5, 0.6) is 5.75 Å². The van der Waals surface area contributed by atoms with Crippen molar-refractivity contribution in [3.05, 3.63) is 100 Å². The average molecular weight is 509 g/mol. The smallest absolute Gasteiger partial charge is 0.300 e. The van der Waals surface area contributed by atoms with Gasteiger partial charge >= 0.3 is 0 Å². The zero-order valence-electron chi connectivity index (χ0n) is 22.6. The molecule has 1 aliphatic heterocycles. The average Bonchev–Trinajstić information content (AvgIpc) is 3.17. The molecule has 1 N–H and O–H groups in total. The maximum absolute atomic E-state index is 13.5. The number of rotatable bonds is 5. The van der Waals surface area contributed by atoms with Gasteiger partial charge in [-0.25, -0.2) is 0 Å². The number of carbonyl (C=O) groups is 2. The molecule has 4 rings (SSSR count). The Morgan fingerprint density at radius 2 is 1.63 bits per heavy atom. The molecule has 1 amide bonds. The van der Waals surface area contributed by atoms with Crippen molar-refractivity contribution in [1.29, 1.82) is 5.26 Å². The standard InChI is InChI=1S/C32H32N2O4/c1-19(2)25-17-22(11-16-26(25)38-6)29(35)27-28(21-9-12-23(13-10-21)32(3,4)5)34(31(37)30(27)36)24-14-7-20(18-33)8-15-24/h7-17,19,28,35H,1-6H3/b29-27-. The van der Waals surface area contributed by atoms with E-state index in [0.29, 0.717) is 28.1 Å². The third-order valence-corrected chi connectivity index (χ3v) is 6.94. The molecular weight excluding hydrogens is 476 g/mol. The number of anilines is 1. The Morgan fingerprint density at radius 1 is 1.00 bits per heavy atom. The highest BCUT2D eigenvalue weighted by Crippen LogP contribution is 2.43. The molecule has 3 aromatic carbocycles.